The summed E-state index contributed by atoms with van der Waals surface area (Å²) in [5.41, 5.74) is -2.13. The molecule has 0 aromatic carbocycles. The second-order valence-electron chi connectivity index (χ2n) is 5.09. The van der Waals surface area contributed by atoms with E-state index in [1.54, 1.807) is 0 Å². The molecule has 2 fully saturated rings. The molecule has 0 spiro atoms. The molecule has 1 amide bonds. The van der Waals surface area contributed by atoms with Crippen LogP contribution in [0.5, 0.6) is 0 Å². The molecular formula is C12H13F3N4O. The predicted octanol–water partition coefficient (Wildman–Crippen LogP) is 0.900. The first kappa shape index (κ1) is 13.3. The Morgan fingerprint density at radius 3 is 2.60 bits per heavy atom. The number of nitrogens with zero attached hydrogens (tertiary/aromatic N) is 3. The highest BCUT2D eigenvalue weighted by Gasteiger charge is 2.71. The molecule has 2 saturated heterocycles. The summed E-state index contributed by atoms with van der Waals surface area (Å²) in [6, 6.07) is 0.317. The number of piperidine rings is 1. The number of hydrogen-bond acceptors (Lipinski definition) is 4. The highest BCUT2D eigenvalue weighted by atomic mass is 19.4. The van der Waals surface area contributed by atoms with Crippen LogP contribution in [0.3, 0.4) is 0 Å². The maximum Gasteiger partial charge on any atom is 0.409 e. The molecule has 108 valence electrons. The molecule has 1 aromatic rings. The average molecular weight is 286 g/mol. The Hall–Kier alpha value is -1.70. The zero-order chi connectivity index (χ0) is 14.4. The quantitative estimate of drug-likeness (QED) is 0.821. The van der Waals surface area contributed by atoms with Crippen LogP contribution in [-0.4, -0.2) is 46.1 Å². The summed E-state index contributed by atoms with van der Waals surface area (Å²) in [5.74, 6) is -0.527. The minimum Gasteiger partial charge on any atom is -0.333 e. The average Bonchev–Trinajstić information content (AvgIpc) is 2.39. The fourth-order valence-corrected chi connectivity index (χ4v) is 3.22. The van der Waals surface area contributed by atoms with E-state index in [2.05, 4.69) is 15.3 Å². The molecule has 1 N–H and O–H groups in total. The van der Waals surface area contributed by atoms with Crippen molar-refractivity contribution in [2.24, 2.45) is 5.92 Å². The van der Waals surface area contributed by atoms with Gasteiger partial charge in [-0.15, -0.1) is 0 Å². The SMILES string of the molecule is O=CN1CCC2CNC2(C(F)(F)F)C1c1ncccn1. The molecular weight excluding hydrogens is 273 g/mol. The first-order chi connectivity index (χ1) is 9.50. The van der Waals surface area contributed by atoms with Crippen LogP contribution in [0.4, 0.5) is 13.2 Å². The van der Waals surface area contributed by atoms with Crippen molar-refractivity contribution < 1.29 is 18.0 Å². The third-order valence-corrected chi connectivity index (χ3v) is 4.22. The molecule has 20 heavy (non-hydrogen) atoms. The lowest BCUT2D eigenvalue weighted by molar-refractivity contribution is -0.268. The van der Waals surface area contributed by atoms with E-state index in [0.29, 0.717) is 19.4 Å². The maximum absolute atomic E-state index is 13.6. The van der Waals surface area contributed by atoms with Gasteiger partial charge in [0.05, 0.1) is 0 Å². The lowest BCUT2D eigenvalue weighted by Gasteiger charge is -2.59. The summed E-state index contributed by atoms with van der Waals surface area (Å²) < 4.78 is 40.8. The van der Waals surface area contributed by atoms with Gasteiger partial charge in [0.25, 0.3) is 0 Å². The minimum atomic E-state index is -4.47. The molecule has 0 saturated carbocycles. The third-order valence-electron chi connectivity index (χ3n) is 4.22. The Morgan fingerprint density at radius 2 is 2.10 bits per heavy atom. The normalized spacial score (nSPS) is 33.2. The molecule has 1 aromatic heterocycles. The fourth-order valence-electron chi connectivity index (χ4n) is 3.22. The second kappa shape index (κ2) is 4.41. The van der Waals surface area contributed by atoms with Crippen molar-refractivity contribution in [3.63, 3.8) is 0 Å². The van der Waals surface area contributed by atoms with E-state index in [0.717, 1.165) is 4.90 Å². The molecule has 3 atom stereocenters. The molecule has 3 rings (SSSR count). The Morgan fingerprint density at radius 1 is 1.40 bits per heavy atom. The summed E-state index contributed by atoms with van der Waals surface area (Å²) in [7, 11) is 0. The van der Waals surface area contributed by atoms with E-state index in [-0.39, 0.29) is 12.4 Å². The lowest BCUT2D eigenvalue weighted by Crippen LogP contribution is -2.79. The number of alkyl halides is 3. The number of amides is 1. The maximum atomic E-state index is 13.6. The number of halogens is 3. The number of carbonyl (C=O) groups is 1. The first-order valence-corrected chi connectivity index (χ1v) is 6.30. The molecule has 8 heteroatoms. The standard InChI is InChI=1S/C12H13F3N4O/c13-12(14,15)11-8(6-18-11)2-5-19(7-20)9(11)10-16-3-1-4-17-10/h1,3-4,7-9,18H,2,5-6H2. The molecule has 3 heterocycles. The van der Waals surface area contributed by atoms with Gasteiger partial charge in [-0.2, -0.15) is 13.2 Å². The Kier molecular flexibility index (Phi) is 2.93. The van der Waals surface area contributed by atoms with Crippen molar-refractivity contribution in [2.45, 2.75) is 24.2 Å². The highest BCUT2D eigenvalue weighted by molar-refractivity contribution is 5.50. The van der Waals surface area contributed by atoms with Crippen LogP contribution in [0.15, 0.2) is 18.5 Å². The molecule has 0 radical (unpaired) electrons. The zero-order valence-corrected chi connectivity index (χ0v) is 10.5. The molecule has 2 aliphatic rings. The van der Waals surface area contributed by atoms with Crippen molar-refractivity contribution in [3.8, 4) is 0 Å². The van der Waals surface area contributed by atoms with Gasteiger partial charge >= 0.3 is 6.18 Å². The summed E-state index contributed by atoms with van der Waals surface area (Å²) in [5, 5.41) is 2.51. The summed E-state index contributed by atoms with van der Waals surface area (Å²) in [4.78, 5) is 20.2. The third kappa shape index (κ3) is 1.64. The van der Waals surface area contributed by atoms with Crippen molar-refractivity contribution in [3.05, 3.63) is 24.3 Å². The largest absolute Gasteiger partial charge is 0.409 e. The van der Waals surface area contributed by atoms with E-state index in [9.17, 15) is 18.0 Å². The van der Waals surface area contributed by atoms with E-state index in [1.807, 2.05) is 0 Å². The first-order valence-electron chi connectivity index (χ1n) is 6.30. The number of aromatic nitrogens is 2. The van der Waals surface area contributed by atoms with Crippen LogP contribution in [0.25, 0.3) is 0 Å². The zero-order valence-electron chi connectivity index (χ0n) is 10.5. The van der Waals surface area contributed by atoms with Gasteiger partial charge in [0.15, 0.2) is 5.82 Å². The van der Waals surface area contributed by atoms with E-state index < -0.39 is 23.7 Å². The van der Waals surface area contributed by atoms with Crippen molar-refractivity contribution in [2.75, 3.05) is 13.1 Å². The lowest BCUT2D eigenvalue weighted by atomic mass is 9.65. The van der Waals surface area contributed by atoms with Crippen LogP contribution >= 0.6 is 0 Å². The molecule has 3 unspecified atom stereocenters. The van der Waals surface area contributed by atoms with Crippen molar-refractivity contribution in [1.82, 2.24) is 20.2 Å². The van der Waals surface area contributed by atoms with E-state index in [1.165, 1.54) is 18.5 Å². The molecule has 0 bridgehead atoms. The number of carbonyl (C=O) groups excluding carboxylic acids is 1. The molecule has 5 nitrogen and oxygen atoms in total. The predicted molar refractivity (Wildman–Crippen MR) is 62.4 cm³/mol. The van der Waals surface area contributed by atoms with Crippen molar-refractivity contribution in [1.29, 1.82) is 0 Å². The summed E-state index contributed by atoms with van der Waals surface area (Å²) >= 11 is 0. The monoisotopic (exact) mass is 286 g/mol. The fraction of sp³-hybridized carbons (Fsp3) is 0.583. The van der Waals surface area contributed by atoms with E-state index in [4.69, 9.17) is 0 Å². The van der Waals surface area contributed by atoms with Crippen LogP contribution in [0.1, 0.15) is 18.3 Å². The Balaban J connectivity index is 2.10. The van der Waals surface area contributed by atoms with Crippen LogP contribution in [0.2, 0.25) is 0 Å². The minimum absolute atomic E-state index is 0.0221. The molecule has 0 aliphatic carbocycles. The summed E-state index contributed by atoms with van der Waals surface area (Å²) in [6.07, 6.45) is -0.921. The van der Waals surface area contributed by atoms with Gasteiger partial charge < -0.3 is 10.2 Å². The highest BCUT2D eigenvalue weighted by Crippen LogP contribution is 2.54. The smallest absolute Gasteiger partial charge is 0.333 e. The van der Waals surface area contributed by atoms with Gasteiger partial charge in [-0.3, -0.25) is 4.79 Å². The number of nitrogens with one attached hydrogen (secondary N) is 1. The van der Waals surface area contributed by atoms with E-state index >= 15 is 0 Å². The van der Waals surface area contributed by atoms with Gasteiger partial charge in [-0.25, -0.2) is 9.97 Å². The van der Waals surface area contributed by atoms with Gasteiger partial charge in [0.1, 0.15) is 11.6 Å². The van der Waals surface area contributed by atoms with Gasteiger partial charge in [-0.05, 0) is 12.5 Å². The Labute approximate surface area is 113 Å². The summed E-state index contributed by atoms with van der Waals surface area (Å²) in [6.45, 7) is 0.589. The van der Waals surface area contributed by atoms with Gasteiger partial charge in [0, 0.05) is 31.4 Å². The second-order valence-corrected chi connectivity index (χ2v) is 5.09. The number of hydrogen-bond donors (Lipinski definition) is 1. The van der Waals surface area contributed by atoms with Crippen LogP contribution in [0, 0.1) is 5.92 Å². The van der Waals surface area contributed by atoms with Gasteiger partial charge in [0.2, 0.25) is 6.41 Å². The number of rotatable bonds is 2. The van der Waals surface area contributed by atoms with Crippen LogP contribution < -0.4 is 5.32 Å². The number of fused-ring (bicyclic) bond motifs is 1. The van der Waals surface area contributed by atoms with Crippen molar-refractivity contribution >= 4 is 6.41 Å². The van der Waals surface area contributed by atoms with Crippen LogP contribution in [-0.2, 0) is 4.79 Å². The number of likely N-dealkylation sites (tertiary alicyclic amines) is 1. The van der Waals surface area contributed by atoms with Gasteiger partial charge in [-0.1, -0.05) is 0 Å². The Bertz CT molecular complexity index is 509. The molecule has 2 aliphatic heterocycles. The topological polar surface area (TPSA) is 58.1 Å².